The highest BCUT2D eigenvalue weighted by molar-refractivity contribution is 7.47. The Morgan fingerprint density at radius 3 is 1.73 bits per heavy atom. The van der Waals surface area contributed by atoms with E-state index in [1.54, 1.807) is 12.1 Å². The third-order valence-corrected chi connectivity index (χ3v) is 5.95. The van der Waals surface area contributed by atoms with Crippen molar-refractivity contribution in [2.24, 2.45) is 17.6 Å². The highest BCUT2D eigenvalue weighted by Gasteiger charge is 2.24. The van der Waals surface area contributed by atoms with E-state index in [4.69, 9.17) is 14.8 Å². The van der Waals surface area contributed by atoms with Crippen LogP contribution in [0.25, 0.3) is 0 Å². The summed E-state index contributed by atoms with van der Waals surface area (Å²) in [5.41, 5.74) is 5.44. The van der Waals surface area contributed by atoms with Crippen molar-refractivity contribution in [3.8, 4) is 0 Å². The van der Waals surface area contributed by atoms with Crippen LogP contribution < -0.4 is 5.73 Å². The van der Waals surface area contributed by atoms with E-state index in [1.165, 1.54) is 12.4 Å². The van der Waals surface area contributed by atoms with E-state index in [9.17, 15) is 14.3 Å². The van der Waals surface area contributed by atoms with Gasteiger partial charge >= 0.3 is 7.82 Å². The van der Waals surface area contributed by atoms with Gasteiger partial charge in [-0.2, -0.15) is 0 Å². The Labute approximate surface area is 182 Å². The van der Waals surface area contributed by atoms with Gasteiger partial charge in [-0.3, -0.25) is 18.8 Å². The van der Waals surface area contributed by atoms with Crippen molar-refractivity contribution in [3.05, 3.63) is 30.1 Å². The molecule has 1 aromatic rings. The molecule has 0 bridgehead atoms. The molecule has 0 spiro atoms. The summed E-state index contributed by atoms with van der Waals surface area (Å²) in [6, 6.07) is 3.14. The van der Waals surface area contributed by atoms with Gasteiger partial charge in [0, 0.05) is 18.0 Å². The second-order valence-corrected chi connectivity index (χ2v) is 8.95. The maximum atomic E-state index is 11.9. The number of nitrogens with zero attached hydrogens (tertiary/aromatic N) is 1. The number of hydrogen-bond donors (Lipinski definition) is 2. The number of unbranched alkanes of at least 4 members (excludes halogenated alkanes) is 2. The van der Waals surface area contributed by atoms with Crippen molar-refractivity contribution in [1.29, 1.82) is 0 Å². The minimum absolute atomic E-state index is 0.316. The monoisotopic (exact) mass is 444 g/mol. The van der Waals surface area contributed by atoms with Crippen molar-refractivity contribution in [3.63, 3.8) is 0 Å². The lowest BCUT2D eigenvalue weighted by Gasteiger charge is -2.20. The highest BCUT2D eigenvalue weighted by Crippen LogP contribution is 2.44. The van der Waals surface area contributed by atoms with Gasteiger partial charge in [0.15, 0.2) is 0 Å². The third-order valence-electron chi connectivity index (χ3n) is 5.00. The topological polar surface area (TPSA) is 112 Å². The van der Waals surface area contributed by atoms with Crippen LogP contribution in [0.2, 0.25) is 0 Å². The minimum Gasteiger partial charge on any atom is -0.366 e. The van der Waals surface area contributed by atoms with Crippen molar-refractivity contribution in [2.75, 3.05) is 13.2 Å². The van der Waals surface area contributed by atoms with Gasteiger partial charge in [-0.05, 0) is 36.8 Å². The number of hydrogen-bond acceptors (Lipinski definition) is 5. The molecule has 1 aromatic heterocycles. The van der Waals surface area contributed by atoms with Crippen LogP contribution in [0.3, 0.4) is 0 Å². The molecule has 2 unspecified atom stereocenters. The minimum atomic E-state index is -3.89. The number of primary amides is 1. The van der Waals surface area contributed by atoms with E-state index >= 15 is 0 Å². The molecule has 1 heterocycles. The molecule has 0 saturated heterocycles. The van der Waals surface area contributed by atoms with Gasteiger partial charge < -0.3 is 10.6 Å². The number of phosphoric ester groups is 1. The second-order valence-electron chi connectivity index (χ2n) is 7.49. The summed E-state index contributed by atoms with van der Waals surface area (Å²) in [7, 11) is -3.89. The molecular weight excluding hydrogens is 403 g/mol. The molecule has 0 saturated carbocycles. The van der Waals surface area contributed by atoms with Gasteiger partial charge in [-0.25, -0.2) is 4.57 Å². The Bertz CT molecular complexity index is 576. The number of nitrogens with two attached hydrogens (primary N) is 1. The predicted octanol–water partition coefficient (Wildman–Crippen LogP) is 5.73. The summed E-state index contributed by atoms with van der Waals surface area (Å²) in [6.45, 7) is 9.10. The maximum absolute atomic E-state index is 11.9. The molecule has 1 amide bonds. The molecule has 0 aliphatic rings. The fourth-order valence-corrected chi connectivity index (χ4v) is 3.62. The average Bonchev–Trinajstić information content (AvgIpc) is 2.75. The molecular formula is C22H41N2O5P. The highest BCUT2D eigenvalue weighted by atomic mass is 31.2. The van der Waals surface area contributed by atoms with Crippen LogP contribution in [0.5, 0.6) is 0 Å². The summed E-state index contributed by atoms with van der Waals surface area (Å²) in [5, 5.41) is 0. The first-order chi connectivity index (χ1) is 14.3. The van der Waals surface area contributed by atoms with Gasteiger partial charge in [0.1, 0.15) is 0 Å². The number of carbonyl (C=O) groups is 1. The van der Waals surface area contributed by atoms with Crippen LogP contribution in [0.1, 0.15) is 89.4 Å². The van der Waals surface area contributed by atoms with Crippen LogP contribution in [-0.4, -0.2) is 29.0 Å². The van der Waals surface area contributed by atoms with Crippen LogP contribution in [-0.2, 0) is 13.6 Å². The molecule has 174 valence electrons. The molecule has 0 aliphatic heterocycles. The van der Waals surface area contributed by atoms with E-state index in [2.05, 4.69) is 32.7 Å². The standard InChI is InChI=1S/C16H35O4P.C6H6N2O/c1-5-9-11-15(7-3)13-19-21(17,18)20-14-16(8-4)12-10-6-2;7-6(9)5-1-3-8-4-2-5/h15-16H,5-14H2,1-4H3,(H,17,18);1-4H,(H2,7,9). The summed E-state index contributed by atoms with van der Waals surface area (Å²) >= 11 is 0. The van der Waals surface area contributed by atoms with E-state index in [0.29, 0.717) is 30.6 Å². The quantitative estimate of drug-likeness (QED) is 0.334. The number of rotatable bonds is 15. The first-order valence-corrected chi connectivity index (χ1v) is 12.6. The Hall–Kier alpha value is -1.27. The zero-order chi connectivity index (χ0) is 22.8. The Morgan fingerprint density at radius 2 is 1.43 bits per heavy atom. The SMILES string of the molecule is CCCCC(CC)COP(=O)(O)OCC(CC)CCCC.NC(=O)c1ccncc1. The largest absolute Gasteiger partial charge is 0.472 e. The summed E-state index contributed by atoms with van der Waals surface area (Å²) in [6.07, 6.45) is 11.6. The van der Waals surface area contributed by atoms with E-state index < -0.39 is 13.7 Å². The van der Waals surface area contributed by atoms with E-state index in [-0.39, 0.29) is 0 Å². The van der Waals surface area contributed by atoms with Crippen molar-refractivity contribution >= 4 is 13.7 Å². The van der Waals surface area contributed by atoms with Crippen molar-refractivity contribution in [2.45, 2.75) is 79.1 Å². The summed E-state index contributed by atoms with van der Waals surface area (Å²) in [5.74, 6) is 0.268. The average molecular weight is 445 g/mol. The number of carbonyl (C=O) groups excluding carboxylic acids is 1. The molecule has 0 fully saturated rings. The third kappa shape index (κ3) is 14.7. The lowest BCUT2D eigenvalue weighted by Crippen LogP contribution is -2.12. The molecule has 0 aliphatic carbocycles. The Kier molecular flexibility index (Phi) is 16.7. The number of pyridine rings is 1. The smallest absolute Gasteiger partial charge is 0.366 e. The fourth-order valence-electron chi connectivity index (χ4n) is 2.75. The van der Waals surface area contributed by atoms with Gasteiger partial charge in [-0.1, -0.05) is 66.2 Å². The van der Waals surface area contributed by atoms with Crippen molar-refractivity contribution in [1.82, 2.24) is 4.98 Å². The first kappa shape index (κ1) is 28.7. The zero-order valence-electron chi connectivity index (χ0n) is 19.1. The molecule has 0 radical (unpaired) electrons. The lowest BCUT2D eigenvalue weighted by molar-refractivity contribution is 0.0999. The summed E-state index contributed by atoms with van der Waals surface area (Å²) in [4.78, 5) is 23.9. The van der Waals surface area contributed by atoms with Crippen LogP contribution >= 0.6 is 7.82 Å². The van der Waals surface area contributed by atoms with Crippen LogP contribution in [0.15, 0.2) is 24.5 Å². The molecule has 8 heteroatoms. The Balaban J connectivity index is 0.000000769. The van der Waals surface area contributed by atoms with Gasteiger partial charge in [0.2, 0.25) is 5.91 Å². The lowest BCUT2D eigenvalue weighted by atomic mass is 10.0. The maximum Gasteiger partial charge on any atom is 0.472 e. The van der Waals surface area contributed by atoms with Crippen LogP contribution in [0, 0.1) is 11.8 Å². The molecule has 2 atom stereocenters. The normalized spacial score (nSPS) is 14.8. The molecule has 0 aromatic carbocycles. The molecule has 30 heavy (non-hydrogen) atoms. The number of amides is 1. The predicted molar refractivity (Wildman–Crippen MR) is 121 cm³/mol. The Morgan fingerprint density at radius 1 is 1.00 bits per heavy atom. The van der Waals surface area contributed by atoms with E-state index in [1.807, 2.05) is 0 Å². The fraction of sp³-hybridized carbons (Fsp3) is 0.727. The number of aromatic nitrogens is 1. The van der Waals surface area contributed by atoms with Crippen LogP contribution in [0.4, 0.5) is 0 Å². The van der Waals surface area contributed by atoms with Gasteiger partial charge in [0.05, 0.1) is 13.2 Å². The molecule has 7 nitrogen and oxygen atoms in total. The molecule has 3 N–H and O–H groups in total. The van der Waals surface area contributed by atoms with Gasteiger partial charge in [-0.15, -0.1) is 0 Å². The second kappa shape index (κ2) is 17.4. The van der Waals surface area contributed by atoms with E-state index in [0.717, 1.165) is 51.4 Å². The number of phosphoric acid groups is 1. The first-order valence-electron chi connectivity index (χ1n) is 11.1. The summed E-state index contributed by atoms with van der Waals surface area (Å²) < 4.78 is 22.2. The van der Waals surface area contributed by atoms with Crippen molar-refractivity contribution < 1.29 is 23.3 Å². The zero-order valence-corrected chi connectivity index (χ0v) is 20.0. The van der Waals surface area contributed by atoms with Gasteiger partial charge in [0.25, 0.3) is 0 Å². The molecule has 1 rings (SSSR count).